The average Bonchev–Trinajstić information content (AvgIpc) is 2.71. The van der Waals surface area contributed by atoms with Crippen molar-refractivity contribution in [2.45, 2.75) is 33.2 Å². The molecule has 19 heavy (non-hydrogen) atoms. The van der Waals surface area contributed by atoms with Crippen LogP contribution in [0.4, 0.5) is 0 Å². The van der Waals surface area contributed by atoms with Gasteiger partial charge in [-0.15, -0.1) is 0 Å². The SMILES string of the molecule is Cc1ncn(CCCC(=O)c2ccc(Br)cc2)c1C. The van der Waals surface area contributed by atoms with E-state index in [1.165, 1.54) is 5.69 Å². The summed E-state index contributed by atoms with van der Waals surface area (Å²) in [7, 11) is 0. The first kappa shape index (κ1) is 14.0. The fraction of sp³-hybridized carbons (Fsp3) is 0.333. The van der Waals surface area contributed by atoms with Crippen LogP contribution in [-0.4, -0.2) is 15.3 Å². The maximum atomic E-state index is 12.0. The Morgan fingerprint density at radius 2 is 1.95 bits per heavy atom. The molecule has 0 saturated carbocycles. The predicted octanol–water partition coefficient (Wildman–Crippen LogP) is 3.93. The maximum Gasteiger partial charge on any atom is 0.162 e. The third-order valence-corrected chi connectivity index (χ3v) is 3.84. The lowest BCUT2D eigenvalue weighted by Crippen LogP contribution is -2.04. The molecule has 1 heterocycles. The normalized spacial score (nSPS) is 10.7. The van der Waals surface area contributed by atoms with Crippen molar-refractivity contribution in [3.05, 3.63) is 52.0 Å². The van der Waals surface area contributed by atoms with Crippen LogP contribution in [0.3, 0.4) is 0 Å². The molecule has 2 aromatic rings. The first-order chi connectivity index (χ1) is 9.08. The van der Waals surface area contributed by atoms with Crippen LogP contribution in [-0.2, 0) is 6.54 Å². The van der Waals surface area contributed by atoms with Gasteiger partial charge in [-0.1, -0.05) is 28.1 Å². The fourth-order valence-electron chi connectivity index (χ4n) is 1.96. The second-order valence-corrected chi connectivity index (χ2v) is 5.56. The van der Waals surface area contributed by atoms with E-state index in [1.807, 2.05) is 37.5 Å². The van der Waals surface area contributed by atoms with Crippen LogP contribution in [0, 0.1) is 13.8 Å². The number of carbonyl (C=O) groups excluding carboxylic acids is 1. The number of ketones is 1. The van der Waals surface area contributed by atoms with Gasteiger partial charge in [-0.25, -0.2) is 4.98 Å². The third kappa shape index (κ3) is 3.53. The minimum Gasteiger partial charge on any atom is -0.335 e. The highest BCUT2D eigenvalue weighted by Crippen LogP contribution is 2.13. The van der Waals surface area contributed by atoms with Crippen LogP contribution in [0.2, 0.25) is 0 Å². The molecule has 0 bridgehead atoms. The van der Waals surface area contributed by atoms with Gasteiger partial charge >= 0.3 is 0 Å². The van der Waals surface area contributed by atoms with Crippen molar-refractivity contribution in [2.24, 2.45) is 0 Å². The van der Waals surface area contributed by atoms with Crippen molar-refractivity contribution < 1.29 is 4.79 Å². The van der Waals surface area contributed by atoms with Crippen LogP contribution >= 0.6 is 15.9 Å². The molecule has 0 unspecified atom stereocenters. The molecule has 0 aliphatic heterocycles. The smallest absolute Gasteiger partial charge is 0.162 e. The Balaban J connectivity index is 1.87. The van der Waals surface area contributed by atoms with Crippen LogP contribution < -0.4 is 0 Å². The maximum absolute atomic E-state index is 12.0. The second kappa shape index (κ2) is 6.15. The van der Waals surface area contributed by atoms with Crippen molar-refractivity contribution in [1.29, 1.82) is 0 Å². The standard InChI is InChI=1S/C15H17BrN2O/c1-11-12(2)18(10-17-11)9-3-4-15(19)13-5-7-14(16)8-6-13/h5-8,10H,3-4,9H2,1-2H3. The lowest BCUT2D eigenvalue weighted by Gasteiger charge is -2.05. The highest BCUT2D eigenvalue weighted by molar-refractivity contribution is 9.10. The molecule has 0 amide bonds. The molecule has 2 rings (SSSR count). The fourth-order valence-corrected chi connectivity index (χ4v) is 2.22. The van der Waals surface area contributed by atoms with E-state index in [1.54, 1.807) is 0 Å². The number of imidazole rings is 1. The average molecular weight is 321 g/mol. The molecule has 4 heteroatoms. The molecule has 0 N–H and O–H groups in total. The number of aryl methyl sites for hydroxylation is 2. The largest absolute Gasteiger partial charge is 0.335 e. The molecule has 1 aromatic heterocycles. The second-order valence-electron chi connectivity index (χ2n) is 4.64. The highest BCUT2D eigenvalue weighted by atomic mass is 79.9. The molecule has 0 aliphatic carbocycles. The molecule has 0 aliphatic rings. The zero-order valence-electron chi connectivity index (χ0n) is 11.2. The van der Waals surface area contributed by atoms with Crippen molar-refractivity contribution in [3.63, 3.8) is 0 Å². The number of carbonyl (C=O) groups is 1. The minimum atomic E-state index is 0.196. The molecule has 1 aromatic carbocycles. The Bertz CT molecular complexity index is 572. The van der Waals surface area contributed by atoms with Crippen LogP contribution in [0.5, 0.6) is 0 Å². The number of halogens is 1. The number of aromatic nitrogens is 2. The quantitative estimate of drug-likeness (QED) is 0.782. The van der Waals surface area contributed by atoms with Crippen molar-refractivity contribution >= 4 is 21.7 Å². The summed E-state index contributed by atoms with van der Waals surface area (Å²) in [6, 6.07) is 7.52. The number of Topliss-reactive ketones (excluding diaryl/α,β-unsaturated/α-hetero) is 1. The Labute approximate surface area is 121 Å². The van der Waals surface area contributed by atoms with Crippen molar-refractivity contribution in [2.75, 3.05) is 0 Å². The molecular weight excluding hydrogens is 304 g/mol. The summed E-state index contributed by atoms with van der Waals surface area (Å²) in [5, 5.41) is 0. The summed E-state index contributed by atoms with van der Waals surface area (Å²) in [5.74, 6) is 0.196. The first-order valence-corrected chi connectivity index (χ1v) is 7.14. The summed E-state index contributed by atoms with van der Waals surface area (Å²) >= 11 is 3.37. The zero-order valence-corrected chi connectivity index (χ0v) is 12.8. The van der Waals surface area contributed by atoms with Gasteiger partial charge in [0.15, 0.2) is 5.78 Å². The minimum absolute atomic E-state index is 0.196. The Morgan fingerprint density at radius 1 is 1.26 bits per heavy atom. The van der Waals surface area contributed by atoms with Crippen molar-refractivity contribution in [1.82, 2.24) is 9.55 Å². The third-order valence-electron chi connectivity index (χ3n) is 3.31. The van der Waals surface area contributed by atoms with E-state index >= 15 is 0 Å². The molecule has 0 atom stereocenters. The zero-order chi connectivity index (χ0) is 13.8. The van der Waals surface area contributed by atoms with Gasteiger partial charge in [0.25, 0.3) is 0 Å². The molecule has 0 radical (unpaired) electrons. The molecule has 0 fully saturated rings. The molecule has 0 saturated heterocycles. The van der Waals surface area contributed by atoms with E-state index < -0.39 is 0 Å². The summed E-state index contributed by atoms with van der Waals surface area (Å²) in [6.45, 7) is 4.90. The number of nitrogens with zero attached hydrogens (tertiary/aromatic N) is 2. The van der Waals surface area contributed by atoms with Crippen LogP contribution in [0.25, 0.3) is 0 Å². The van der Waals surface area contributed by atoms with E-state index in [0.29, 0.717) is 6.42 Å². The van der Waals surface area contributed by atoms with E-state index in [-0.39, 0.29) is 5.78 Å². The van der Waals surface area contributed by atoms with Crippen LogP contribution in [0.15, 0.2) is 35.1 Å². The monoisotopic (exact) mass is 320 g/mol. The van der Waals surface area contributed by atoms with E-state index in [9.17, 15) is 4.79 Å². The van der Waals surface area contributed by atoms with Gasteiger partial charge in [-0.2, -0.15) is 0 Å². The predicted molar refractivity (Wildman–Crippen MR) is 79.4 cm³/mol. The van der Waals surface area contributed by atoms with Crippen molar-refractivity contribution in [3.8, 4) is 0 Å². The topological polar surface area (TPSA) is 34.9 Å². The first-order valence-electron chi connectivity index (χ1n) is 6.35. The van der Waals surface area contributed by atoms with E-state index in [2.05, 4.69) is 32.4 Å². The van der Waals surface area contributed by atoms with Gasteiger partial charge < -0.3 is 4.57 Å². The Kier molecular flexibility index (Phi) is 4.53. The Morgan fingerprint density at radius 3 is 2.53 bits per heavy atom. The van der Waals surface area contributed by atoms with Gasteiger partial charge in [0.1, 0.15) is 0 Å². The summed E-state index contributed by atoms with van der Waals surface area (Å²) in [5.41, 5.74) is 3.01. The van der Waals surface area contributed by atoms with E-state index in [0.717, 1.165) is 28.7 Å². The Hall–Kier alpha value is -1.42. The number of hydrogen-bond donors (Lipinski definition) is 0. The molecule has 0 spiro atoms. The van der Waals surface area contributed by atoms with Gasteiger partial charge in [-0.3, -0.25) is 4.79 Å². The summed E-state index contributed by atoms with van der Waals surface area (Å²) in [4.78, 5) is 16.3. The summed E-state index contributed by atoms with van der Waals surface area (Å²) in [6.07, 6.45) is 3.25. The lowest BCUT2D eigenvalue weighted by atomic mass is 10.1. The summed E-state index contributed by atoms with van der Waals surface area (Å²) < 4.78 is 3.10. The molecular formula is C15H17BrN2O. The molecule has 100 valence electrons. The number of rotatable bonds is 5. The highest BCUT2D eigenvalue weighted by Gasteiger charge is 2.07. The number of benzene rings is 1. The lowest BCUT2D eigenvalue weighted by molar-refractivity contribution is 0.0978. The van der Waals surface area contributed by atoms with Gasteiger partial charge in [0, 0.05) is 28.7 Å². The van der Waals surface area contributed by atoms with Gasteiger partial charge in [0.05, 0.1) is 12.0 Å². The van der Waals surface area contributed by atoms with Gasteiger partial charge in [0.2, 0.25) is 0 Å². The van der Waals surface area contributed by atoms with Gasteiger partial charge in [-0.05, 0) is 32.4 Å². The number of hydrogen-bond acceptors (Lipinski definition) is 2. The van der Waals surface area contributed by atoms with E-state index in [4.69, 9.17) is 0 Å². The van der Waals surface area contributed by atoms with Crippen LogP contribution in [0.1, 0.15) is 34.6 Å². The molecule has 3 nitrogen and oxygen atoms in total.